The molecule has 1 aliphatic heterocycles. The van der Waals surface area contributed by atoms with Gasteiger partial charge in [-0.25, -0.2) is 4.98 Å². The number of aromatic nitrogens is 1. The van der Waals surface area contributed by atoms with E-state index >= 15 is 0 Å². The summed E-state index contributed by atoms with van der Waals surface area (Å²) >= 11 is 0. The van der Waals surface area contributed by atoms with Gasteiger partial charge in [0.2, 0.25) is 0 Å². The lowest BCUT2D eigenvalue weighted by Gasteiger charge is -2.36. The second-order valence-corrected chi connectivity index (χ2v) is 6.46. The maximum atomic E-state index is 9.47. The highest BCUT2D eigenvalue weighted by atomic mass is 16.5. The third-order valence-corrected chi connectivity index (χ3v) is 4.12. The second kappa shape index (κ2) is 7.64. The summed E-state index contributed by atoms with van der Waals surface area (Å²) in [7, 11) is 0. The Morgan fingerprint density at radius 1 is 1.12 bits per heavy atom. The molecule has 0 saturated carbocycles. The molecule has 0 radical (unpaired) electrons. The number of nitrogens with zero attached hydrogens (tertiary/aromatic N) is 2. The highest BCUT2D eigenvalue weighted by molar-refractivity contribution is 5.40. The molecule has 1 aliphatic rings. The minimum Gasteiger partial charge on any atom is -0.508 e. The number of nitrogens with one attached hydrogen (secondary N) is 1. The van der Waals surface area contributed by atoms with Crippen molar-refractivity contribution in [1.82, 2.24) is 10.3 Å². The summed E-state index contributed by atoms with van der Waals surface area (Å²) in [6, 6.07) is 11.5. The molecule has 1 aromatic carbocycles. The molecule has 3 rings (SSSR count). The van der Waals surface area contributed by atoms with E-state index in [0.29, 0.717) is 12.3 Å². The monoisotopic (exact) mass is 327 g/mol. The van der Waals surface area contributed by atoms with Crippen LogP contribution in [0.15, 0.2) is 42.6 Å². The number of hydrogen-bond acceptors (Lipinski definition) is 5. The molecule has 2 atom stereocenters. The fraction of sp³-hybridized carbons (Fsp3) is 0.421. The van der Waals surface area contributed by atoms with Crippen LogP contribution in [-0.2, 0) is 17.8 Å². The van der Waals surface area contributed by atoms with Crippen LogP contribution in [0.4, 0.5) is 5.82 Å². The van der Waals surface area contributed by atoms with E-state index in [2.05, 4.69) is 41.2 Å². The molecule has 0 spiro atoms. The molecule has 5 heteroatoms. The van der Waals surface area contributed by atoms with Crippen LogP contribution in [-0.4, -0.2) is 35.4 Å². The molecule has 0 amide bonds. The number of pyridine rings is 1. The largest absolute Gasteiger partial charge is 0.508 e. The van der Waals surface area contributed by atoms with Crippen LogP contribution in [0, 0.1) is 0 Å². The van der Waals surface area contributed by atoms with E-state index in [4.69, 9.17) is 4.74 Å². The Morgan fingerprint density at radius 2 is 1.88 bits per heavy atom. The van der Waals surface area contributed by atoms with Crippen LogP contribution in [0.3, 0.4) is 0 Å². The van der Waals surface area contributed by atoms with Gasteiger partial charge >= 0.3 is 0 Å². The minimum atomic E-state index is 0.235. The third-order valence-electron chi connectivity index (χ3n) is 4.12. The zero-order chi connectivity index (χ0) is 16.9. The van der Waals surface area contributed by atoms with E-state index < -0.39 is 0 Å². The van der Waals surface area contributed by atoms with Crippen molar-refractivity contribution in [1.29, 1.82) is 0 Å². The molecular formula is C19H25N3O2. The first kappa shape index (κ1) is 16.7. The Balaban J connectivity index is 1.53. The summed E-state index contributed by atoms with van der Waals surface area (Å²) < 4.78 is 5.77. The lowest BCUT2D eigenvalue weighted by molar-refractivity contribution is -0.00545. The molecular weight excluding hydrogens is 302 g/mol. The fourth-order valence-corrected chi connectivity index (χ4v) is 3.09. The van der Waals surface area contributed by atoms with E-state index in [-0.39, 0.29) is 12.2 Å². The van der Waals surface area contributed by atoms with Gasteiger partial charge in [0.1, 0.15) is 11.6 Å². The van der Waals surface area contributed by atoms with Gasteiger partial charge in [-0.05, 0) is 43.2 Å². The topological polar surface area (TPSA) is 57.6 Å². The molecule has 2 heterocycles. The summed E-state index contributed by atoms with van der Waals surface area (Å²) in [5, 5.41) is 12.8. The van der Waals surface area contributed by atoms with E-state index in [9.17, 15) is 5.11 Å². The Kier molecular flexibility index (Phi) is 5.33. The predicted octanol–water partition coefficient (Wildman–Crippen LogP) is 2.69. The van der Waals surface area contributed by atoms with E-state index in [1.54, 1.807) is 12.1 Å². The Bertz CT molecular complexity index is 650. The van der Waals surface area contributed by atoms with Crippen LogP contribution in [0.2, 0.25) is 0 Å². The number of morpholine rings is 1. The number of phenols is 1. The van der Waals surface area contributed by atoms with E-state index in [1.165, 1.54) is 0 Å². The van der Waals surface area contributed by atoms with Crippen molar-refractivity contribution in [2.75, 3.05) is 18.0 Å². The predicted molar refractivity (Wildman–Crippen MR) is 95.1 cm³/mol. The Hall–Kier alpha value is -2.11. The van der Waals surface area contributed by atoms with Gasteiger partial charge in [-0.1, -0.05) is 18.2 Å². The number of ether oxygens (including phenoxy) is 1. The van der Waals surface area contributed by atoms with E-state index in [0.717, 1.165) is 36.6 Å². The summed E-state index contributed by atoms with van der Waals surface area (Å²) in [6.07, 6.45) is 2.40. The van der Waals surface area contributed by atoms with Crippen LogP contribution in [0.25, 0.3) is 0 Å². The Labute approximate surface area is 143 Å². The van der Waals surface area contributed by atoms with Crippen molar-refractivity contribution >= 4 is 5.82 Å². The summed E-state index contributed by atoms with van der Waals surface area (Å²) in [4.78, 5) is 6.88. The number of aromatic hydroxyl groups is 1. The van der Waals surface area contributed by atoms with Crippen LogP contribution >= 0.6 is 0 Å². The maximum absolute atomic E-state index is 9.47. The summed E-state index contributed by atoms with van der Waals surface area (Å²) in [6.45, 7) is 7.43. The van der Waals surface area contributed by atoms with Gasteiger partial charge in [-0.2, -0.15) is 0 Å². The molecule has 0 aliphatic carbocycles. The standard InChI is InChI=1S/C19H25N3O2/c1-14-12-22(13-15(2)24-14)19-7-6-17(11-21-19)10-20-9-16-4-3-5-18(23)8-16/h3-8,11,14-15,20,23H,9-10,12-13H2,1-2H3/t14-,15-/m1/s1. The molecule has 24 heavy (non-hydrogen) atoms. The molecule has 5 nitrogen and oxygen atoms in total. The number of rotatable bonds is 5. The number of phenolic OH excluding ortho intramolecular Hbond substituents is 1. The number of anilines is 1. The quantitative estimate of drug-likeness (QED) is 0.884. The smallest absolute Gasteiger partial charge is 0.128 e. The third kappa shape index (κ3) is 4.46. The average molecular weight is 327 g/mol. The minimum absolute atomic E-state index is 0.235. The first-order valence-corrected chi connectivity index (χ1v) is 8.44. The maximum Gasteiger partial charge on any atom is 0.128 e. The molecule has 2 N–H and O–H groups in total. The van der Waals surface area contributed by atoms with Crippen molar-refractivity contribution in [2.24, 2.45) is 0 Å². The molecule has 1 aromatic heterocycles. The summed E-state index contributed by atoms with van der Waals surface area (Å²) in [5.41, 5.74) is 2.21. The lowest BCUT2D eigenvalue weighted by atomic mass is 10.2. The van der Waals surface area contributed by atoms with Gasteiger partial charge in [0.15, 0.2) is 0 Å². The molecule has 2 aromatic rings. The number of hydrogen-bond donors (Lipinski definition) is 2. The first-order valence-electron chi connectivity index (χ1n) is 8.44. The van der Waals surface area contributed by atoms with Gasteiger partial charge < -0.3 is 20.1 Å². The van der Waals surface area contributed by atoms with Crippen molar-refractivity contribution in [3.05, 3.63) is 53.7 Å². The van der Waals surface area contributed by atoms with E-state index in [1.807, 2.05) is 18.3 Å². The van der Waals surface area contributed by atoms with Gasteiger partial charge in [-0.3, -0.25) is 0 Å². The number of benzene rings is 1. The normalized spacial score (nSPS) is 21.0. The van der Waals surface area contributed by atoms with Crippen LogP contribution in [0.5, 0.6) is 5.75 Å². The average Bonchev–Trinajstić information content (AvgIpc) is 2.55. The highest BCUT2D eigenvalue weighted by Crippen LogP contribution is 2.18. The lowest BCUT2D eigenvalue weighted by Crippen LogP contribution is -2.45. The SMILES string of the molecule is C[C@@H]1CN(c2ccc(CNCc3cccc(O)c3)cn2)C[C@@H](C)O1. The second-order valence-electron chi connectivity index (χ2n) is 6.46. The zero-order valence-electron chi connectivity index (χ0n) is 14.3. The molecule has 128 valence electrons. The summed E-state index contributed by atoms with van der Waals surface area (Å²) in [5.74, 6) is 1.31. The molecule has 1 fully saturated rings. The molecule has 0 bridgehead atoms. The van der Waals surface area contributed by atoms with Gasteiger partial charge in [-0.15, -0.1) is 0 Å². The Morgan fingerprint density at radius 3 is 2.54 bits per heavy atom. The van der Waals surface area contributed by atoms with Crippen LogP contribution in [0.1, 0.15) is 25.0 Å². The van der Waals surface area contributed by atoms with Crippen molar-refractivity contribution in [3.63, 3.8) is 0 Å². The first-order chi connectivity index (χ1) is 11.6. The van der Waals surface area contributed by atoms with Gasteiger partial charge in [0, 0.05) is 32.4 Å². The fourth-order valence-electron chi connectivity index (χ4n) is 3.09. The van der Waals surface area contributed by atoms with Crippen LogP contribution < -0.4 is 10.2 Å². The zero-order valence-corrected chi connectivity index (χ0v) is 14.3. The van der Waals surface area contributed by atoms with Gasteiger partial charge in [0.05, 0.1) is 12.2 Å². The van der Waals surface area contributed by atoms with Crippen molar-refractivity contribution in [2.45, 2.75) is 39.1 Å². The highest BCUT2D eigenvalue weighted by Gasteiger charge is 2.22. The van der Waals surface area contributed by atoms with Crippen molar-refractivity contribution in [3.8, 4) is 5.75 Å². The van der Waals surface area contributed by atoms with Gasteiger partial charge in [0.25, 0.3) is 0 Å². The van der Waals surface area contributed by atoms with Crippen molar-refractivity contribution < 1.29 is 9.84 Å². The molecule has 1 saturated heterocycles. The molecule has 0 unspecified atom stereocenters.